The van der Waals surface area contributed by atoms with Crippen molar-refractivity contribution in [3.63, 3.8) is 0 Å². The van der Waals surface area contributed by atoms with Crippen molar-refractivity contribution in [3.05, 3.63) is 23.8 Å². The van der Waals surface area contributed by atoms with Gasteiger partial charge in [-0.1, -0.05) is 96.5 Å². The van der Waals surface area contributed by atoms with E-state index in [1.54, 1.807) is 0 Å². The molecule has 8 heteroatoms. The average molecular weight is 541 g/mol. The lowest BCUT2D eigenvalue weighted by molar-refractivity contribution is 0.407. The Morgan fingerprint density at radius 2 is 1.71 bits per heavy atom. The van der Waals surface area contributed by atoms with Crippen LogP contribution in [-0.4, -0.2) is 22.2 Å². The monoisotopic (exact) mass is 536 g/mol. The first kappa shape index (κ1) is 19.5. The molecule has 1 fully saturated rings. The summed E-state index contributed by atoms with van der Waals surface area (Å²) in [6, 6.07) is 0. The Balaban J connectivity index is 2.63. The molecule has 0 N–H and O–H groups in total. The summed E-state index contributed by atoms with van der Waals surface area (Å²) in [7, 11) is 0. The molecule has 0 spiro atoms. The number of hydrogen-bond donors (Lipinski definition) is 0. The summed E-state index contributed by atoms with van der Waals surface area (Å²) < 4.78 is -4.10. The molecule has 0 amide bonds. The maximum Gasteiger partial charge on any atom is 0.177 e. The number of hydrogen-bond acceptors (Lipinski definition) is 0. The van der Waals surface area contributed by atoms with Gasteiger partial charge in [0.1, 0.15) is 8.11 Å². The van der Waals surface area contributed by atoms with Gasteiger partial charge < -0.3 is 0 Å². The third-order valence-electron chi connectivity index (χ3n) is 3.91. The van der Waals surface area contributed by atoms with Crippen molar-refractivity contribution in [1.82, 2.24) is 0 Å². The predicted octanol–water partition coefficient (Wildman–Crippen LogP) is 7.48. The second-order valence-electron chi connectivity index (χ2n) is 5.24. The zero-order valence-corrected chi connectivity index (χ0v) is 18.4. The number of allylic oxidation sites excluding steroid dienone is 4. The van der Waals surface area contributed by atoms with Crippen LogP contribution in [0.2, 0.25) is 0 Å². The van der Waals surface area contributed by atoms with E-state index in [-0.39, 0.29) is 0 Å². The van der Waals surface area contributed by atoms with Gasteiger partial charge in [0.05, 0.1) is 5.38 Å². The zero-order chi connectivity index (χ0) is 16.1. The number of rotatable bonds is 1. The molecule has 21 heavy (non-hydrogen) atoms. The smallest absolute Gasteiger partial charge is 0.120 e. The minimum Gasteiger partial charge on any atom is -0.120 e. The van der Waals surface area contributed by atoms with Crippen molar-refractivity contribution >= 4 is 101 Å². The topological polar surface area (TPSA) is 0 Å². The second-order valence-corrected chi connectivity index (χ2v) is 12.8. The van der Waals surface area contributed by atoms with Gasteiger partial charge in [-0.3, -0.25) is 0 Å². The van der Waals surface area contributed by atoms with E-state index in [0.717, 1.165) is 12.0 Å². The van der Waals surface area contributed by atoms with Crippen LogP contribution < -0.4 is 0 Å². The number of alkyl halides is 8. The Morgan fingerprint density at radius 3 is 2.24 bits per heavy atom. The second kappa shape index (κ2) is 6.48. The molecule has 2 aliphatic rings. The fourth-order valence-corrected chi connectivity index (χ4v) is 7.01. The van der Waals surface area contributed by atoms with Gasteiger partial charge in [-0.2, -0.15) is 0 Å². The van der Waals surface area contributed by atoms with Crippen LogP contribution in [0.1, 0.15) is 25.7 Å². The first-order chi connectivity index (χ1) is 9.48. The van der Waals surface area contributed by atoms with Crippen LogP contribution in [0.15, 0.2) is 23.8 Å². The first-order valence-electron chi connectivity index (χ1n) is 6.31. The Bertz CT molecular complexity index is 485. The van der Waals surface area contributed by atoms with E-state index in [4.69, 9.17) is 69.6 Å². The maximum absolute atomic E-state index is 7.00. The molecule has 0 radical (unpaired) electrons. The van der Waals surface area contributed by atoms with E-state index in [9.17, 15) is 0 Å². The lowest BCUT2D eigenvalue weighted by Gasteiger charge is -2.54. The largest absolute Gasteiger partial charge is 0.177 e. The lowest BCUT2D eigenvalue weighted by atomic mass is 9.82. The van der Waals surface area contributed by atoms with Gasteiger partial charge in [-0.05, 0) is 31.3 Å². The Labute approximate surface area is 171 Å². The summed E-state index contributed by atoms with van der Waals surface area (Å²) in [5.41, 5.74) is 0.833. The maximum atomic E-state index is 7.00. The molecule has 1 saturated carbocycles. The first-order valence-corrected chi connectivity index (χ1v) is 10.2. The molecule has 2 aliphatic carbocycles. The van der Waals surface area contributed by atoms with Crippen molar-refractivity contribution < 1.29 is 0 Å². The number of halogens is 8. The van der Waals surface area contributed by atoms with E-state index in [1.165, 1.54) is 0 Å². The molecule has 2 rings (SSSR count). The van der Waals surface area contributed by atoms with Crippen molar-refractivity contribution in [2.45, 2.75) is 47.8 Å². The van der Waals surface area contributed by atoms with Crippen LogP contribution in [0.4, 0.5) is 0 Å². The van der Waals surface area contributed by atoms with Gasteiger partial charge in [-0.25, -0.2) is 0 Å². The fraction of sp³-hybridized carbons (Fsp3) is 0.692. The van der Waals surface area contributed by atoms with Crippen LogP contribution in [0, 0.1) is 0 Å². The van der Waals surface area contributed by atoms with Crippen molar-refractivity contribution in [2.75, 3.05) is 0 Å². The quantitative estimate of drug-likeness (QED) is 0.303. The summed E-state index contributed by atoms with van der Waals surface area (Å²) in [5, 5.41) is -0.611. The summed E-state index contributed by atoms with van der Waals surface area (Å²) in [6.07, 6.45) is 8.41. The molecule has 0 nitrogen and oxygen atoms in total. The molecule has 0 saturated heterocycles. The van der Waals surface area contributed by atoms with Crippen molar-refractivity contribution in [2.24, 2.45) is 0 Å². The third-order valence-corrected chi connectivity index (χ3v) is 10.8. The van der Waals surface area contributed by atoms with Crippen LogP contribution >= 0.6 is 101 Å². The molecule has 0 aromatic heterocycles. The molecule has 120 valence electrons. The van der Waals surface area contributed by atoms with Crippen LogP contribution in [0.3, 0.4) is 0 Å². The molecule has 0 bridgehead atoms. The van der Waals surface area contributed by atoms with E-state index in [0.29, 0.717) is 19.3 Å². The van der Waals surface area contributed by atoms with Gasteiger partial charge in [0.25, 0.3) is 0 Å². The SMILES string of the molecule is ClC1CCCC(Br)(Br)C(Cl)(C2=CC=CC2)C(Cl)(Cl)C1(Cl)Cl. The Kier molecular flexibility index (Phi) is 6.02. The fourth-order valence-electron chi connectivity index (χ4n) is 2.65. The summed E-state index contributed by atoms with van der Waals surface area (Å²) in [6.45, 7) is 0. The minimum atomic E-state index is -1.72. The highest BCUT2D eigenvalue weighted by molar-refractivity contribution is 9.25. The van der Waals surface area contributed by atoms with E-state index in [2.05, 4.69) is 31.9 Å². The molecule has 2 atom stereocenters. The van der Waals surface area contributed by atoms with Gasteiger partial charge in [-0.15, -0.1) is 23.2 Å². The molecule has 2 unspecified atom stereocenters. The van der Waals surface area contributed by atoms with Crippen LogP contribution in [-0.2, 0) is 0 Å². The average Bonchev–Trinajstić information content (AvgIpc) is 2.89. The zero-order valence-electron chi connectivity index (χ0n) is 10.7. The lowest BCUT2D eigenvalue weighted by Crippen LogP contribution is -2.64. The van der Waals surface area contributed by atoms with E-state index >= 15 is 0 Å². The highest BCUT2D eigenvalue weighted by Gasteiger charge is 2.71. The normalized spacial score (nSPS) is 37.7. The molecular weight excluding hydrogens is 529 g/mol. The van der Waals surface area contributed by atoms with Gasteiger partial charge in [0.15, 0.2) is 8.67 Å². The molecule has 0 aromatic carbocycles. The van der Waals surface area contributed by atoms with E-state index < -0.39 is 22.2 Å². The predicted molar refractivity (Wildman–Crippen MR) is 103 cm³/mol. The summed E-state index contributed by atoms with van der Waals surface area (Å²) in [4.78, 5) is -1.27. The van der Waals surface area contributed by atoms with Gasteiger partial charge in [0, 0.05) is 0 Å². The van der Waals surface area contributed by atoms with Crippen LogP contribution in [0.25, 0.3) is 0 Å². The Hall–Kier alpha value is 2.18. The van der Waals surface area contributed by atoms with Crippen molar-refractivity contribution in [1.29, 1.82) is 0 Å². The van der Waals surface area contributed by atoms with Gasteiger partial charge >= 0.3 is 0 Å². The standard InChI is InChI=1S/C13H12Br2Cl6/c14-10(15)7-3-6-9(16)12(18,19)13(20,21)11(10,17)8-4-1-2-5-8/h1-2,4,9H,3,5-7H2. The highest BCUT2D eigenvalue weighted by atomic mass is 79.9. The summed E-state index contributed by atoms with van der Waals surface area (Å²) in [5.74, 6) is 0. The summed E-state index contributed by atoms with van der Waals surface area (Å²) >= 11 is 46.9. The highest BCUT2D eigenvalue weighted by Crippen LogP contribution is 2.67. The minimum absolute atomic E-state index is 0.582. The van der Waals surface area contributed by atoms with Crippen LogP contribution in [0.5, 0.6) is 0 Å². The van der Waals surface area contributed by atoms with E-state index in [1.807, 2.05) is 18.2 Å². The third kappa shape index (κ3) is 2.97. The van der Waals surface area contributed by atoms with Crippen molar-refractivity contribution in [3.8, 4) is 0 Å². The Morgan fingerprint density at radius 1 is 1.10 bits per heavy atom. The molecule has 0 aromatic rings. The molecule has 0 heterocycles. The molecular formula is C13H12Br2Cl6. The van der Waals surface area contributed by atoms with Gasteiger partial charge in [0.2, 0.25) is 0 Å². The molecule has 0 aliphatic heterocycles.